The van der Waals surface area contributed by atoms with Crippen LogP contribution in [0.5, 0.6) is 0 Å². The number of rotatable bonds is 11. The summed E-state index contributed by atoms with van der Waals surface area (Å²) < 4.78 is 2.40. The fraction of sp³-hybridized carbons (Fsp3) is 0.0357. The Kier molecular flexibility index (Phi) is 9.75. The largest absolute Gasteiger partial charge is 0.355 e. The normalized spacial score (nSPS) is 11.2. The van der Waals surface area contributed by atoms with Crippen LogP contribution in [0, 0.1) is 0 Å². The maximum atomic E-state index is 3.73. The highest BCUT2D eigenvalue weighted by atomic mass is 15.0. The van der Waals surface area contributed by atoms with Gasteiger partial charge in [-0.25, -0.2) is 0 Å². The molecule has 0 atom stereocenters. The van der Waals surface area contributed by atoms with Crippen LogP contribution in [0.15, 0.2) is 224 Å². The van der Waals surface area contributed by atoms with Crippen molar-refractivity contribution in [3.05, 3.63) is 247 Å². The van der Waals surface area contributed by atoms with Gasteiger partial charge in [-0.1, -0.05) is 152 Å². The summed E-state index contributed by atoms with van der Waals surface area (Å²) in [6.45, 7) is 0. The molecule has 0 bridgehead atoms. The van der Waals surface area contributed by atoms with Crippen LogP contribution >= 0.6 is 0 Å². The van der Waals surface area contributed by atoms with Gasteiger partial charge < -0.3 is 15.2 Å². The molecule has 0 saturated heterocycles. The third-order valence-corrected chi connectivity index (χ3v) is 11.2. The van der Waals surface area contributed by atoms with Crippen molar-refractivity contribution < 1.29 is 0 Å². The number of anilines is 4. The Morgan fingerprint density at radius 3 is 1.75 bits per heavy atom. The number of hydrogen-bond donors (Lipinski definition) is 2. The number of fused-ring (bicyclic) bond motifs is 3. The first-order valence-corrected chi connectivity index (χ1v) is 20.3. The van der Waals surface area contributed by atoms with Crippen molar-refractivity contribution in [2.24, 2.45) is 0 Å². The van der Waals surface area contributed by atoms with Crippen LogP contribution in [0.25, 0.3) is 49.7 Å². The van der Waals surface area contributed by atoms with Crippen molar-refractivity contribution in [2.45, 2.75) is 12.8 Å². The molecule has 3 heteroatoms. The quantitative estimate of drug-likeness (QED) is 0.138. The predicted octanol–water partition coefficient (Wildman–Crippen LogP) is 14.8. The van der Waals surface area contributed by atoms with Gasteiger partial charge in [0.05, 0.1) is 11.0 Å². The van der Waals surface area contributed by atoms with Crippen LogP contribution in [0.4, 0.5) is 22.7 Å². The number of benzene rings is 9. The molecule has 10 aromatic rings. The SMILES string of the molecule is c1ccc(Cc2ccc(-n3c4ccccc4c4cc(-c5cccc(-c6ccccc6Nc6ccc(Cc7ccccc7Nc7ccccc7)cc6)c5)ccc43)cc2)cc1. The van der Waals surface area contributed by atoms with E-state index in [4.69, 9.17) is 0 Å². The van der Waals surface area contributed by atoms with Gasteiger partial charge in [-0.15, -0.1) is 0 Å². The molecule has 0 amide bonds. The molecule has 3 nitrogen and oxygen atoms in total. The first kappa shape index (κ1) is 35.8. The van der Waals surface area contributed by atoms with Crippen molar-refractivity contribution in [2.75, 3.05) is 10.6 Å². The summed E-state index contributed by atoms with van der Waals surface area (Å²) in [5.41, 5.74) is 17.8. The Morgan fingerprint density at radius 1 is 0.339 bits per heavy atom. The number of nitrogens with one attached hydrogen (secondary N) is 2. The molecule has 0 radical (unpaired) electrons. The lowest BCUT2D eigenvalue weighted by molar-refractivity contribution is 1.15. The van der Waals surface area contributed by atoms with E-state index >= 15 is 0 Å². The zero-order chi connectivity index (χ0) is 39.4. The lowest BCUT2D eigenvalue weighted by atomic mass is 9.97. The summed E-state index contributed by atoms with van der Waals surface area (Å²) >= 11 is 0. The molecule has 282 valence electrons. The average Bonchev–Trinajstić information content (AvgIpc) is 3.63. The molecule has 0 aliphatic carbocycles. The highest BCUT2D eigenvalue weighted by molar-refractivity contribution is 6.10. The van der Waals surface area contributed by atoms with Crippen LogP contribution in [-0.4, -0.2) is 4.57 Å². The highest BCUT2D eigenvalue weighted by Crippen LogP contribution is 2.37. The van der Waals surface area contributed by atoms with Crippen molar-refractivity contribution >= 4 is 44.6 Å². The van der Waals surface area contributed by atoms with E-state index in [2.05, 4.69) is 234 Å². The van der Waals surface area contributed by atoms with Gasteiger partial charge in [0.15, 0.2) is 0 Å². The molecule has 10 rings (SSSR count). The average molecular weight is 758 g/mol. The zero-order valence-corrected chi connectivity index (χ0v) is 32.7. The second-order valence-corrected chi connectivity index (χ2v) is 15.2. The minimum absolute atomic E-state index is 0.842. The number of aromatic nitrogens is 1. The second-order valence-electron chi connectivity index (χ2n) is 15.2. The van der Waals surface area contributed by atoms with Crippen LogP contribution in [0.3, 0.4) is 0 Å². The molecule has 0 aliphatic heterocycles. The topological polar surface area (TPSA) is 29.0 Å². The molecule has 1 aromatic heterocycles. The van der Waals surface area contributed by atoms with Gasteiger partial charge in [-0.3, -0.25) is 0 Å². The first-order valence-electron chi connectivity index (χ1n) is 20.3. The molecule has 0 aliphatic rings. The lowest BCUT2D eigenvalue weighted by Crippen LogP contribution is -1.98. The van der Waals surface area contributed by atoms with E-state index in [9.17, 15) is 0 Å². The van der Waals surface area contributed by atoms with E-state index in [0.29, 0.717) is 0 Å². The predicted molar refractivity (Wildman–Crippen MR) is 250 cm³/mol. The fourth-order valence-electron chi connectivity index (χ4n) is 8.29. The van der Waals surface area contributed by atoms with E-state index in [1.165, 1.54) is 66.4 Å². The van der Waals surface area contributed by atoms with Gasteiger partial charge >= 0.3 is 0 Å². The van der Waals surface area contributed by atoms with Crippen LogP contribution in [-0.2, 0) is 12.8 Å². The van der Waals surface area contributed by atoms with E-state index < -0.39 is 0 Å². The smallest absolute Gasteiger partial charge is 0.0541 e. The molecular weight excluding hydrogens is 715 g/mol. The van der Waals surface area contributed by atoms with Gasteiger partial charge in [-0.05, 0) is 125 Å². The first-order chi connectivity index (χ1) is 29.2. The zero-order valence-electron chi connectivity index (χ0n) is 32.7. The van der Waals surface area contributed by atoms with Gasteiger partial charge in [0.1, 0.15) is 0 Å². The Labute approximate surface area is 345 Å². The van der Waals surface area contributed by atoms with E-state index in [0.717, 1.165) is 41.2 Å². The molecule has 1 heterocycles. The number of nitrogens with zero attached hydrogens (tertiary/aromatic N) is 1. The molecule has 0 saturated carbocycles. The summed E-state index contributed by atoms with van der Waals surface area (Å²) in [6, 6.07) is 80.6. The molecule has 0 spiro atoms. The van der Waals surface area contributed by atoms with Gasteiger partial charge in [-0.2, -0.15) is 0 Å². The maximum Gasteiger partial charge on any atom is 0.0541 e. The van der Waals surface area contributed by atoms with E-state index in [1.54, 1.807) is 0 Å². The van der Waals surface area contributed by atoms with Crippen molar-refractivity contribution in [1.29, 1.82) is 0 Å². The van der Waals surface area contributed by atoms with Crippen molar-refractivity contribution in [1.82, 2.24) is 4.57 Å². The molecular formula is C56H43N3. The van der Waals surface area contributed by atoms with E-state index in [-0.39, 0.29) is 0 Å². The lowest BCUT2D eigenvalue weighted by Gasteiger charge is -2.15. The molecule has 2 N–H and O–H groups in total. The van der Waals surface area contributed by atoms with Crippen molar-refractivity contribution in [3.8, 4) is 27.9 Å². The summed E-state index contributed by atoms with van der Waals surface area (Å²) in [5.74, 6) is 0. The Balaban J connectivity index is 0.902. The second kappa shape index (κ2) is 16.1. The summed E-state index contributed by atoms with van der Waals surface area (Å²) in [5, 5.41) is 9.82. The molecule has 0 fully saturated rings. The summed E-state index contributed by atoms with van der Waals surface area (Å²) in [6.07, 6.45) is 1.77. The molecule has 0 unspecified atom stereocenters. The van der Waals surface area contributed by atoms with Gasteiger partial charge in [0.2, 0.25) is 0 Å². The maximum absolute atomic E-state index is 3.73. The molecule has 9 aromatic carbocycles. The van der Waals surface area contributed by atoms with Gasteiger partial charge in [0.25, 0.3) is 0 Å². The monoisotopic (exact) mass is 757 g/mol. The third kappa shape index (κ3) is 7.62. The Hall–Kier alpha value is -7.62. The number of para-hydroxylation sites is 4. The fourth-order valence-corrected chi connectivity index (χ4v) is 8.29. The minimum Gasteiger partial charge on any atom is -0.355 e. The van der Waals surface area contributed by atoms with Crippen LogP contribution in [0.1, 0.15) is 22.3 Å². The van der Waals surface area contributed by atoms with Gasteiger partial charge in [0, 0.05) is 44.8 Å². The summed E-state index contributed by atoms with van der Waals surface area (Å²) in [4.78, 5) is 0. The molecule has 59 heavy (non-hydrogen) atoms. The minimum atomic E-state index is 0.842. The third-order valence-electron chi connectivity index (χ3n) is 11.2. The number of hydrogen-bond acceptors (Lipinski definition) is 2. The van der Waals surface area contributed by atoms with Crippen molar-refractivity contribution in [3.63, 3.8) is 0 Å². The van der Waals surface area contributed by atoms with E-state index in [1.807, 2.05) is 6.07 Å². The Morgan fingerprint density at radius 2 is 0.915 bits per heavy atom. The van der Waals surface area contributed by atoms with Crippen LogP contribution < -0.4 is 10.6 Å². The summed E-state index contributed by atoms with van der Waals surface area (Å²) in [7, 11) is 0. The van der Waals surface area contributed by atoms with Crippen LogP contribution in [0.2, 0.25) is 0 Å². The highest BCUT2D eigenvalue weighted by Gasteiger charge is 2.14. The Bertz CT molecular complexity index is 3020. The standard InChI is InChI=1S/C56H43N3/c1-3-14-40(15-4-1)36-41-28-33-49(34-29-41)59-55-25-12-9-22-51(55)52-39-44(30-35-56(52)59)43-17-13-18-45(38-43)50-21-8-11-24-54(50)58-48-31-26-42(27-32-48)37-46-16-7-10-23-53(46)57-47-19-5-2-6-20-47/h1-35,38-39,57-58H,36-37H2.